The largest absolute Gasteiger partial charge is 0.479 e. The molecule has 1 saturated heterocycles. The Morgan fingerprint density at radius 3 is 1.93 bits per heavy atom. The van der Waals surface area contributed by atoms with E-state index in [-0.39, 0.29) is 17.2 Å². The van der Waals surface area contributed by atoms with E-state index in [2.05, 4.69) is 25.6 Å². The Bertz CT molecular complexity index is 635. The van der Waals surface area contributed by atoms with Crippen LogP contribution in [-0.4, -0.2) is 83.3 Å². The molecule has 2 heterocycles. The van der Waals surface area contributed by atoms with E-state index in [0.29, 0.717) is 11.9 Å². The zero-order chi connectivity index (χ0) is 20.3. The van der Waals surface area contributed by atoms with Crippen molar-refractivity contribution in [3.8, 4) is 0 Å². The maximum absolute atomic E-state index is 11.2. The van der Waals surface area contributed by atoms with Crippen molar-refractivity contribution in [1.29, 1.82) is 0 Å². The summed E-state index contributed by atoms with van der Waals surface area (Å²) in [5.74, 6) is -0.850. The number of nitrogens with one attached hydrogen (secondary N) is 2. The molecule has 152 valence electrons. The third-order valence-corrected chi connectivity index (χ3v) is 4.50. The predicted octanol–water partition coefficient (Wildman–Crippen LogP) is -0.503. The highest BCUT2D eigenvalue weighted by molar-refractivity contribution is 7.99. The summed E-state index contributed by atoms with van der Waals surface area (Å²) in [5, 5.41) is 45.2. The Morgan fingerprint density at radius 2 is 1.48 bits per heavy atom. The molecule has 1 aliphatic rings. The van der Waals surface area contributed by atoms with E-state index in [9.17, 15) is 20.1 Å². The van der Waals surface area contributed by atoms with Gasteiger partial charge in [-0.15, -0.1) is 0 Å². The van der Waals surface area contributed by atoms with Gasteiger partial charge in [0.25, 0.3) is 0 Å². The van der Waals surface area contributed by atoms with E-state index in [0.717, 1.165) is 11.8 Å². The molecule has 11 nitrogen and oxygen atoms in total. The monoisotopic (exact) mass is 403 g/mol. The van der Waals surface area contributed by atoms with Crippen molar-refractivity contribution < 1.29 is 30.0 Å². The molecule has 27 heavy (non-hydrogen) atoms. The molecule has 5 atom stereocenters. The molecule has 0 spiro atoms. The summed E-state index contributed by atoms with van der Waals surface area (Å²) in [4.78, 5) is 23.9. The molecule has 6 N–H and O–H groups in total. The van der Waals surface area contributed by atoms with Crippen molar-refractivity contribution in [2.45, 2.75) is 74.8 Å². The third kappa shape index (κ3) is 5.62. The van der Waals surface area contributed by atoms with Crippen LogP contribution in [0.25, 0.3) is 0 Å². The van der Waals surface area contributed by atoms with Gasteiger partial charge in [0, 0.05) is 12.1 Å². The molecular formula is C15H25N5O6S. The lowest BCUT2D eigenvalue weighted by Gasteiger charge is -2.38. The smallest absolute Gasteiger partial charge is 0.335 e. The van der Waals surface area contributed by atoms with Crippen LogP contribution in [0.1, 0.15) is 27.7 Å². The lowest BCUT2D eigenvalue weighted by Crippen LogP contribution is -2.58. The van der Waals surface area contributed by atoms with Gasteiger partial charge in [0.1, 0.15) is 23.7 Å². The molecule has 0 bridgehead atoms. The Morgan fingerprint density at radius 1 is 0.963 bits per heavy atom. The second-order valence-corrected chi connectivity index (χ2v) is 7.78. The number of carboxylic acids is 1. The highest BCUT2D eigenvalue weighted by atomic mass is 32.2. The van der Waals surface area contributed by atoms with Gasteiger partial charge in [0.05, 0.1) is 0 Å². The number of rotatable bonds is 7. The quantitative estimate of drug-likeness (QED) is 0.345. The van der Waals surface area contributed by atoms with E-state index in [1.165, 1.54) is 0 Å². The molecule has 1 fully saturated rings. The summed E-state index contributed by atoms with van der Waals surface area (Å²) in [7, 11) is 0. The Hall–Kier alpha value is -1.73. The van der Waals surface area contributed by atoms with E-state index in [1.807, 2.05) is 27.7 Å². The summed E-state index contributed by atoms with van der Waals surface area (Å²) in [5.41, 5.74) is -1.19. The molecule has 0 saturated carbocycles. The van der Waals surface area contributed by atoms with Crippen LogP contribution < -0.4 is 10.6 Å². The Balaban J connectivity index is 2.26. The first-order valence-corrected chi connectivity index (χ1v) is 9.34. The molecule has 0 aromatic carbocycles. The number of thioether (sulfide) groups is 1. The molecule has 1 aromatic rings. The first-order chi connectivity index (χ1) is 12.6. The molecule has 0 unspecified atom stereocenters. The van der Waals surface area contributed by atoms with Gasteiger partial charge in [0.15, 0.2) is 11.3 Å². The van der Waals surface area contributed by atoms with Crippen molar-refractivity contribution in [1.82, 2.24) is 15.0 Å². The van der Waals surface area contributed by atoms with Gasteiger partial charge in [-0.05, 0) is 27.7 Å². The maximum Gasteiger partial charge on any atom is 0.335 e. The van der Waals surface area contributed by atoms with Gasteiger partial charge in [-0.1, -0.05) is 11.8 Å². The first-order valence-electron chi connectivity index (χ1n) is 8.46. The van der Waals surface area contributed by atoms with Crippen LogP contribution in [0, 0.1) is 0 Å². The van der Waals surface area contributed by atoms with E-state index >= 15 is 0 Å². The average molecular weight is 403 g/mol. The van der Waals surface area contributed by atoms with Crippen molar-refractivity contribution in [3.05, 3.63) is 0 Å². The minimum absolute atomic E-state index is 0.0574. The summed E-state index contributed by atoms with van der Waals surface area (Å²) < 4.78 is 5.25. The maximum atomic E-state index is 11.2. The fourth-order valence-electron chi connectivity index (χ4n) is 2.31. The molecule has 0 amide bonds. The van der Waals surface area contributed by atoms with Crippen LogP contribution >= 0.6 is 11.8 Å². The molecular weight excluding hydrogens is 378 g/mol. The lowest BCUT2D eigenvalue weighted by atomic mass is 10.0. The Kier molecular flexibility index (Phi) is 7.17. The number of aliphatic carboxylic acids is 1. The standard InChI is InChI=1S/C15H25N5O6S/c1-5(2)16-13-18-14(17-6(3)4)20-15(19-13)27-12-9(23)7(21)8(22)10(26-12)11(24)25/h5-10,12,21-23H,1-4H3,(H,24,25)(H2,16,17,18,19,20)/t7-,8-,9+,10-,12-/m0/s1. The number of ether oxygens (including phenoxy) is 1. The number of aliphatic hydroxyl groups is 3. The van der Waals surface area contributed by atoms with Crippen LogP contribution in [0.5, 0.6) is 0 Å². The summed E-state index contributed by atoms with van der Waals surface area (Å²) >= 11 is 0.833. The molecule has 0 aliphatic carbocycles. The topological polar surface area (TPSA) is 170 Å². The van der Waals surface area contributed by atoms with Gasteiger partial charge in [-0.3, -0.25) is 0 Å². The SMILES string of the molecule is CC(C)Nc1nc(NC(C)C)nc(S[C@@H]2O[C@H](C(=O)O)[C@@H](O)[C@H](O)[C@H]2O)n1. The number of hydrogen-bond acceptors (Lipinski definition) is 11. The van der Waals surface area contributed by atoms with Gasteiger partial charge in [0.2, 0.25) is 11.9 Å². The normalized spacial score (nSPS) is 28.4. The van der Waals surface area contributed by atoms with Crippen molar-refractivity contribution in [3.63, 3.8) is 0 Å². The molecule has 0 radical (unpaired) electrons. The number of aliphatic hydroxyl groups excluding tert-OH is 3. The molecule has 1 aliphatic heterocycles. The Labute approximate surface area is 160 Å². The summed E-state index contributed by atoms with van der Waals surface area (Å²) in [6, 6.07) is 0.115. The van der Waals surface area contributed by atoms with E-state index < -0.39 is 35.8 Å². The average Bonchev–Trinajstić information content (AvgIpc) is 2.53. The van der Waals surface area contributed by atoms with E-state index in [4.69, 9.17) is 9.84 Å². The first kappa shape index (κ1) is 21.6. The number of aromatic nitrogens is 3. The van der Waals surface area contributed by atoms with Gasteiger partial charge in [-0.25, -0.2) is 4.79 Å². The van der Waals surface area contributed by atoms with Gasteiger partial charge < -0.3 is 35.8 Å². The number of hydrogen-bond donors (Lipinski definition) is 6. The number of nitrogens with zero attached hydrogens (tertiary/aromatic N) is 3. The summed E-state index contributed by atoms with van der Waals surface area (Å²) in [6.45, 7) is 7.65. The van der Waals surface area contributed by atoms with Crippen LogP contribution in [0.3, 0.4) is 0 Å². The van der Waals surface area contributed by atoms with Crippen molar-refractivity contribution >= 4 is 29.6 Å². The molecule has 12 heteroatoms. The lowest BCUT2D eigenvalue weighted by molar-refractivity contribution is -0.209. The highest BCUT2D eigenvalue weighted by Gasteiger charge is 2.47. The fourth-order valence-corrected chi connectivity index (χ4v) is 3.27. The number of anilines is 2. The van der Waals surface area contributed by atoms with Crippen LogP contribution in [0.4, 0.5) is 11.9 Å². The minimum Gasteiger partial charge on any atom is -0.479 e. The zero-order valence-electron chi connectivity index (χ0n) is 15.4. The van der Waals surface area contributed by atoms with Crippen LogP contribution in [0.15, 0.2) is 5.16 Å². The van der Waals surface area contributed by atoms with E-state index in [1.54, 1.807) is 0 Å². The second kappa shape index (κ2) is 8.97. The highest BCUT2D eigenvalue weighted by Crippen LogP contribution is 2.32. The van der Waals surface area contributed by atoms with Crippen LogP contribution in [-0.2, 0) is 9.53 Å². The predicted molar refractivity (Wildman–Crippen MR) is 97.5 cm³/mol. The van der Waals surface area contributed by atoms with Crippen molar-refractivity contribution in [2.75, 3.05) is 10.6 Å². The third-order valence-electron chi connectivity index (χ3n) is 3.48. The van der Waals surface area contributed by atoms with Crippen molar-refractivity contribution in [2.24, 2.45) is 0 Å². The molecule has 1 aromatic heterocycles. The summed E-state index contributed by atoms with van der Waals surface area (Å²) in [6.07, 6.45) is -6.63. The zero-order valence-corrected chi connectivity index (χ0v) is 16.2. The van der Waals surface area contributed by atoms with Crippen LogP contribution in [0.2, 0.25) is 0 Å². The van der Waals surface area contributed by atoms with Gasteiger partial charge >= 0.3 is 5.97 Å². The van der Waals surface area contributed by atoms with Gasteiger partial charge in [-0.2, -0.15) is 15.0 Å². The molecule has 2 rings (SSSR count). The second-order valence-electron chi connectivity index (χ2n) is 6.72. The minimum atomic E-state index is -1.75. The fraction of sp³-hybridized carbons (Fsp3) is 0.733. The number of carboxylic acid groups (broad SMARTS) is 1. The number of carbonyl (C=O) groups is 1.